The maximum Gasteiger partial charge on any atom is 0.487 e. The van der Waals surface area contributed by atoms with Gasteiger partial charge in [0.25, 0.3) is 38.6 Å². The van der Waals surface area contributed by atoms with Crippen molar-refractivity contribution in [2.45, 2.75) is 113 Å². The van der Waals surface area contributed by atoms with Gasteiger partial charge in [-0.3, -0.25) is 66.0 Å². The molecule has 4 aromatic carbocycles. The highest BCUT2D eigenvalue weighted by Gasteiger charge is 2.53. The molecule has 2 saturated heterocycles. The number of aromatic amines is 2. The monoisotopic (exact) mass is 2200 g/mol. The van der Waals surface area contributed by atoms with Crippen LogP contribution in [0.5, 0.6) is 0 Å². The highest BCUT2D eigenvalue weighted by Crippen LogP contribution is 2.67. The zero-order valence-electron chi connectivity index (χ0n) is 83.2. The number of alkyl carbamates (subject to hydrolysis) is 2. The Hall–Kier alpha value is -12.4. The quantitative estimate of drug-likeness (QED) is 0.0149. The van der Waals surface area contributed by atoms with E-state index in [4.69, 9.17) is 40.2 Å². The topological polar surface area (TPSA) is 751 Å². The summed E-state index contributed by atoms with van der Waals surface area (Å²) < 4.78 is 123. The lowest BCUT2D eigenvalue weighted by Crippen LogP contribution is -2.42. The van der Waals surface area contributed by atoms with Gasteiger partial charge >= 0.3 is 43.5 Å². The number of rotatable bonds is 38. The van der Waals surface area contributed by atoms with Gasteiger partial charge in [0.15, 0.2) is 58.4 Å². The van der Waals surface area contributed by atoms with Crippen molar-refractivity contribution < 1.29 is 160 Å². The normalized spacial score (nSPS) is 21.2. The fraction of sp³-hybridized carbons (Fsp3) is 0.400. The van der Waals surface area contributed by atoms with Gasteiger partial charge in [0.2, 0.25) is 23.7 Å². The first kappa shape index (κ1) is 115. The first-order valence-electron chi connectivity index (χ1n) is 45.9. The van der Waals surface area contributed by atoms with Crippen LogP contribution in [-0.2, 0) is 93.0 Å². The van der Waals surface area contributed by atoms with Gasteiger partial charge in [-0.1, -0.05) is 76.2 Å². The number of nitrogens with two attached hydrogens (primary N) is 2. The maximum atomic E-state index is 14.3. The number of aromatic nitrogens is 8. The Morgan fingerprint density at radius 1 is 0.500 bits per heavy atom. The third kappa shape index (κ3) is 27.0. The number of carbonyl (C=O) groups excluding carboxylic acids is 6. The summed E-state index contributed by atoms with van der Waals surface area (Å²) in [6, 6.07) is 27.8. The number of nitrogens with one attached hydrogen (secondary N) is 6. The van der Waals surface area contributed by atoms with Crippen molar-refractivity contribution in [2.75, 3.05) is 144 Å². The number of amides is 6. The summed E-state index contributed by atoms with van der Waals surface area (Å²) in [4.78, 5) is 211. The number of allylic oxidation sites excluding steroid dienone is 10. The average Bonchev–Trinajstić information content (AvgIpc) is 1.37. The molecule has 14 rings (SSSR count). The number of anilines is 4. The molecule has 0 saturated carbocycles. The summed E-state index contributed by atoms with van der Waals surface area (Å²) in [5, 5.41) is 32.6. The van der Waals surface area contributed by atoms with E-state index in [-0.39, 0.29) is 115 Å². The standard InChI is InChI=1S/2C45H57N10O17P3/c1-45(2)31-21-25(52(3)4)14-16-29(31)35(30-17-15-26(53(5)6)22-32(30)45)27-11-8-9-12-28(27)41(59)54(7)20-10-13-34(56)47-18-19-48-44(60)70-38-33(23-68-74(64,65)72-75(66,67)71-73(61,62)63)69-42(37(38)57)55-24-49-36-39(55)50-43(46)51-40(36)58;1-45(2)31-21-25(52(3)4)14-16-29(31)35(30-17-15-26(53(5)6)22-32(30)45)27-11-8-9-12-28(27)41(59)54(7)20-10-13-34(56)47-18-19-48-44(60)70-38-37(57)33(23-68-74(64,65)72-75(66,67)71-73(61,62)63)69-42(38)55-24-49-36-39(55)50-43(46)51-40(36)58/h2*8-9,11-12,14-17,21-22,24,33,37-38,42,57H,10,13,18-20,23H2,1-7H3,(H8-,46,47,48,50,51,56,58,60,61,62,63,64,65,66,67)/t2*33-,37-,38-,42-/m11/s1. The molecule has 60 heteroatoms. The Labute approximate surface area is 855 Å². The minimum absolute atomic E-state index is 0.00973. The van der Waals surface area contributed by atoms with E-state index in [1.807, 2.05) is 92.8 Å². The summed E-state index contributed by atoms with van der Waals surface area (Å²) in [5.41, 5.74) is 25.4. The lowest BCUT2D eigenvalue weighted by molar-refractivity contribution is -0.462. The molecule has 2 fully saturated rings. The number of hydrogen-bond donors (Lipinski definition) is 16. The number of carbonyl (C=O) groups is 6. The molecule has 0 bridgehead atoms. The molecule has 6 amide bonds. The van der Waals surface area contributed by atoms with Gasteiger partial charge in [0.1, 0.15) is 52.6 Å². The average molecular weight is 2210 g/mol. The van der Waals surface area contributed by atoms with Gasteiger partial charge < -0.3 is 121 Å². The second-order valence-corrected chi connectivity index (χ2v) is 45.7. The van der Waals surface area contributed by atoms with Crippen LogP contribution in [0.1, 0.15) is 120 Å². The molecule has 4 aliphatic carbocycles. The van der Waals surface area contributed by atoms with Crippen LogP contribution in [0.15, 0.2) is 166 Å². The van der Waals surface area contributed by atoms with E-state index >= 15 is 0 Å². The van der Waals surface area contributed by atoms with Crippen LogP contribution in [0.3, 0.4) is 0 Å². The van der Waals surface area contributed by atoms with E-state index in [9.17, 15) is 105 Å². The second kappa shape index (κ2) is 46.1. The highest BCUT2D eigenvalue weighted by molar-refractivity contribution is 7.67. The van der Waals surface area contributed by atoms with Crippen LogP contribution < -0.4 is 63.4 Å². The van der Waals surface area contributed by atoms with E-state index in [0.29, 0.717) is 17.5 Å². The first-order chi connectivity index (χ1) is 70.1. The van der Waals surface area contributed by atoms with Gasteiger partial charge in [-0.2, -0.15) is 18.6 Å². The Kier molecular flexibility index (Phi) is 35.2. The zero-order chi connectivity index (χ0) is 110. The lowest BCUT2D eigenvalue weighted by atomic mass is 9.64. The van der Waals surface area contributed by atoms with Crippen molar-refractivity contribution in [1.29, 1.82) is 0 Å². The Morgan fingerprint density at radius 2 is 0.880 bits per heavy atom. The summed E-state index contributed by atoms with van der Waals surface area (Å²) in [6.45, 7) is 6.36. The number of ether oxygens (including phenoxy) is 4. The number of phosphoric acid groups is 6. The van der Waals surface area contributed by atoms with E-state index < -0.39 is 144 Å². The van der Waals surface area contributed by atoms with Crippen LogP contribution in [0.25, 0.3) is 33.5 Å². The molecule has 18 N–H and O–H groups in total. The number of benzene rings is 4. The smallest absolute Gasteiger partial charge is 0.487 e. The highest BCUT2D eigenvalue weighted by atomic mass is 31.3. The van der Waals surface area contributed by atoms with Crippen LogP contribution in [0.4, 0.5) is 32.9 Å². The number of nitrogen functional groups attached to an aromatic ring is 2. The van der Waals surface area contributed by atoms with E-state index in [1.165, 1.54) is 0 Å². The molecule has 6 unspecified atom stereocenters. The van der Waals surface area contributed by atoms with E-state index in [2.05, 4.69) is 197 Å². The number of aliphatic hydroxyl groups is 2. The number of aliphatic hydroxyl groups excluding tert-OH is 2. The number of H-pyrrole nitrogens is 2. The second-order valence-electron chi connectivity index (χ2n) is 36.9. The zero-order valence-corrected chi connectivity index (χ0v) is 88.6. The van der Waals surface area contributed by atoms with Crippen molar-refractivity contribution in [3.63, 3.8) is 0 Å². The Balaban J connectivity index is 0.000000250. The fourth-order valence-electron chi connectivity index (χ4n) is 17.6. The Bertz CT molecular complexity index is 7350. The summed E-state index contributed by atoms with van der Waals surface area (Å²) in [6.07, 6.45) is -0.950. The molecule has 0 spiro atoms. The summed E-state index contributed by atoms with van der Waals surface area (Å²) >= 11 is 0. The van der Waals surface area contributed by atoms with Crippen molar-refractivity contribution >= 4 is 151 Å². The van der Waals surface area contributed by atoms with Crippen LogP contribution >= 0.6 is 46.9 Å². The minimum atomic E-state index is -5.98. The first-order valence-corrected chi connectivity index (χ1v) is 54.9. The van der Waals surface area contributed by atoms with Gasteiger partial charge in [0.05, 0.1) is 25.9 Å². The largest absolute Gasteiger partial charge is 0.756 e. The van der Waals surface area contributed by atoms with Gasteiger partial charge in [-0.05, 0) is 128 Å². The summed E-state index contributed by atoms with van der Waals surface area (Å²) in [7, 11) is -16.0. The van der Waals surface area contributed by atoms with Crippen molar-refractivity contribution in [2.24, 2.45) is 0 Å². The molecule has 4 aromatic heterocycles. The number of imidazole rings is 2. The molecule has 8 aromatic rings. The van der Waals surface area contributed by atoms with Crippen molar-refractivity contribution in [1.82, 2.24) is 70.1 Å². The molecular formula is C90H114N20O34P6. The number of phosphoric ester groups is 2. The molecule has 6 heterocycles. The van der Waals surface area contributed by atoms with Gasteiger partial charge in [-0.25, -0.2) is 55.6 Å². The van der Waals surface area contributed by atoms with Crippen LogP contribution in [0.2, 0.25) is 0 Å². The molecule has 150 heavy (non-hydrogen) atoms. The van der Waals surface area contributed by atoms with Gasteiger partial charge in [0, 0.05) is 152 Å². The predicted molar refractivity (Wildman–Crippen MR) is 536 cm³/mol. The third-order valence-corrected chi connectivity index (χ3v) is 32.4. The van der Waals surface area contributed by atoms with Crippen LogP contribution in [0, 0.1) is 0 Å². The SMILES string of the molecule is CN(CCCC(=O)NCCNC(=O)O[C@@H]1[C@H](O)[C@@H](COP(=O)(O)OP(=O)(O)OP(=O)([O-])O)O[C@H]1n1cnc2c(=O)[nH]c(N)nc21)C(=O)c1ccccc1C1=C2C=CC(=[N+](C)C)C=C2C(C)(C)c2cc(N(C)C)ccc21.CN(CCCC(=O)NCCNC(=O)O[C@H]1[C@@H](O)[C@H](n2cnc3c(=O)[nH]c(N)nc32)O[C@@H]1COP(=O)(O)OP(=O)(O)OP(=O)([O-])O)C(=O)c1ccccc1C1=C2C=CC(=[N+](C)C)C=C2C(C)(C)c2cc(N(C)C)ccc21. The number of nitrogens with zero attached hydrogens (tertiary/aromatic N) is 12. The molecular weight excluding hydrogens is 2090 g/mol. The van der Waals surface area contributed by atoms with E-state index in [0.717, 1.165) is 111 Å². The van der Waals surface area contributed by atoms with Crippen LogP contribution in [-0.4, -0.2) is 304 Å². The third-order valence-electron chi connectivity index (χ3n) is 24.8. The number of hydrogen-bond acceptors (Lipinski definition) is 36. The molecule has 6 aliphatic rings. The maximum absolute atomic E-state index is 14.3. The van der Waals surface area contributed by atoms with Gasteiger partial charge in [-0.15, -0.1) is 0 Å². The lowest BCUT2D eigenvalue weighted by Gasteiger charge is -2.39. The predicted octanol–water partition coefficient (Wildman–Crippen LogP) is 3.61. The minimum Gasteiger partial charge on any atom is -0.756 e. The molecule has 14 atom stereocenters. The van der Waals surface area contributed by atoms with E-state index in [1.54, 1.807) is 36.0 Å². The summed E-state index contributed by atoms with van der Waals surface area (Å²) in [5.74, 6) is -1.98. The fourth-order valence-corrected chi connectivity index (χ4v) is 23.5. The Morgan fingerprint density at radius 3 is 1.28 bits per heavy atom. The molecule has 2 aliphatic heterocycles. The molecule has 808 valence electrons. The van der Waals surface area contributed by atoms with Crippen molar-refractivity contribution in [3.05, 3.63) is 222 Å². The molecule has 54 nitrogen and oxygen atoms in total. The molecule has 0 radical (unpaired) electrons. The number of fused-ring (bicyclic) bond motifs is 6. The van der Waals surface area contributed by atoms with Crippen molar-refractivity contribution in [3.8, 4) is 0 Å².